The van der Waals surface area contributed by atoms with E-state index < -0.39 is 17.3 Å². The van der Waals surface area contributed by atoms with Gasteiger partial charge < -0.3 is 10.2 Å². The van der Waals surface area contributed by atoms with Gasteiger partial charge in [0.15, 0.2) is 5.78 Å². The van der Waals surface area contributed by atoms with Crippen LogP contribution in [0.25, 0.3) is 0 Å². The normalized spacial score (nSPS) is 16.5. The Hall–Kier alpha value is -2.74. The number of nitrogens with one attached hydrogen (secondary N) is 1. The summed E-state index contributed by atoms with van der Waals surface area (Å²) in [6.45, 7) is 6.91. The highest BCUT2D eigenvalue weighted by atomic mass is 19.3. The van der Waals surface area contributed by atoms with Crippen molar-refractivity contribution in [3.8, 4) is 0 Å². The predicted molar refractivity (Wildman–Crippen MR) is 136 cm³/mol. The summed E-state index contributed by atoms with van der Waals surface area (Å²) in [4.78, 5) is 35.5. The first-order valence-corrected chi connectivity index (χ1v) is 12.6. The van der Waals surface area contributed by atoms with E-state index in [0.29, 0.717) is 49.2 Å². The lowest BCUT2D eigenvalue weighted by Crippen LogP contribution is -2.43. The number of benzene rings is 1. The van der Waals surface area contributed by atoms with Crippen molar-refractivity contribution >= 4 is 11.7 Å². The van der Waals surface area contributed by atoms with Gasteiger partial charge in [-0.05, 0) is 76.9 Å². The molecule has 8 heteroatoms. The number of nitrogens with zero attached hydrogens (tertiary/aromatic N) is 3. The maximum atomic E-state index is 14.6. The summed E-state index contributed by atoms with van der Waals surface area (Å²) in [5.74, 6) is -3.14. The van der Waals surface area contributed by atoms with E-state index in [4.69, 9.17) is 0 Å². The van der Waals surface area contributed by atoms with Crippen LogP contribution < -0.4 is 5.32 Å². The molecular formula is C28H38F2N4O2. The molecule has 1 aliphatic rings. The molecule has 0 unspecified atom stereocenters. The van der Waals surface area contributed by atoms with Crippen LogP contribution in [-0.2, 0) is 11.2 Å². The van der Waals surface area contributed by atoms with E-state index in [9.17, 15) is 18.4 Å². The van der Waals surface area contributed by atoms with E-state index in [0.717, 1.165) is 18.1 Å². The van der Waals surface area contributed by atoms with Crippen molar-refractivity contribution in [2.75, 3.05) is 20.6 Å². The summed E-state index contributed by atoms with van der Waals surface area (Å²) < 4.78 is 29.3. The largest absolute Gasteiger partial charge is 0.355 e. The number of amides is 1. The molecule has 1 amide bonds. The fourth-order valence-electron chi connectivity index (χ4n) is 4.93. The van der Waals surface area contributed by atoms with Gasteiger partial charge in [0.05, 0.1) is 0 Å². The monoisotopic (exact) mass is 500 g/mol. The number of alkyl halides is 2. The van der Waals surface area contributed by atoms with E-state index >= 15 is 0 Å². The van der Waals surface area contributed by atoms with Crippen LogP contribution in [0.5, 0.6) is 0 Å². The third-order valence-corrected chi connectivity index (χ3v) is 7.63. The summed E-state index contributed by atoms with van der Waals surface area (Å²) in [5, 5.41) is 2.99. The lowest BCUT2D eigenvalue weighted by atomic mass is 9.78. The van der Waals surface area contributed by atoms with Gasteiger partial charge in [0, 0.05) is 54.7 Å². The van der Waals surface area contributed by atoms with Crippen LogP contribution in [0.1, 0.15) is 78.3 Å². The van der Waals surface area contributed by atoms with Gasteiger partial charge in [0.2, 0.25) is 5.91 Å². The van der Waals surface area contributed by atoms with Crippen molar-refractivity contribution in [3.63, 3.8) is 0 Å². The predicted octanol–water partition coefficient (Wildman–Crippen LogP) is 4.88. The molecule has 0 bridgehead atoms. The number of halogens is 2. The van der Waals surface area contributed by atoms with Crippen LogP contribution in [0.3, 0.4) is 0 Å². The second-order valence-electron chi connectivity index (χ2n) is 10.4. The molecule has 196 valence electrons. The number of aromatic nitrogens is 2. The lowest BCUT2D eigenvalue weighted by Gasteiger charge is -2.32. The quantitative estimate of drug-likeness (QED) is 0.420. The van der Waals surface area contributed by atoms with Gasteiger partial charge in [-0.2, -0.15) is 0 Å². The van der Waals surface area contributed by atoms with E-state index in [2.05, 4.69) is 15.3 Å². The van der Waals surface area contributed by atoms with Crippen LogP contribution in [-0.4, -0.2) is 59.2 Å². The maximum Gasteiger partial charge on any atom is 0.251 e. The van der Waals surface area contributed by atoms with E-state index in [1.807, 2.05) is 51.0 Å². The van der Waals surface area contributed by atoms with Crippen molar-refractivity contribution in [2.24, 2.45) is 5.41 Å². The average molecular weight is 501 g/mol. The minimum Gasteiger partial charge on any atom is -0.355 e. The first kappa shape index (κ1) is 27.8. The number of rotatable bonds is 12. The number of carbonyl (C=O) groups is 2. The molecule has 0 aliphatic heterocycles. The Labute approximate surface area is 212 Å². The van der Waals surface area contributed by atoms with Crippen molar-refractivity contribution < 1.29 is 18.4 Å². The van der Waals surface area contributed by atoms with Crippen LogP contribution >= 0.6 is 0 Å². The van der Waals surface area contributed by atoms with E-state index in [1.54, 1.807) is 19.3 Å². The number of ketones is 1. The molecule has 1 fully saturated rings. The van der Waals surface area contributed by atoms with Crippen molar-refractivity contribution in [1.29, 1.82) is 0 Å². The minimum absolute atomic E-state index is 0.00374. The molecule has 1 N–H and O–H groups in total. The van der Waals surface area contributed by atoms with Crippen molar-refractivity contribution in [3.05, 3.63) is 58.7 Å². The molecule has 1 aromatic heterocycles. The molecule has 2 aromatic rings. The summed E-state index contributed by atoms with van der Waals surface area (Å²) >= 11 is 0. The Morgan fingerprint density at radius 3 is 2.31 bits per heavy atom. The Balaban J connectivity index is 1.70. The number of Topliss-reactive ketones (excluding diaryl/α,β-unsaturated/α-hetero) is 1. The highest BCUT2D eigenvalue weighted by molar-refractivity contribution is 5.96. The topological polar surface area (TPSA) is 75.2 Å². The number of hydrogen-bond donors (Lipinski definition) is 1. The van der Waals surface area contributed by atoms with Crippen LogP contribution in [0.4, 0.5) is 8.78 Å². The summed E-state index contributed by atoms with van der Waals surface area (Å²) in [5.41, 5.74) is 2.19. The first-order chi connectivity index (χ1) is 16.9. The average Bonchev–Trinajstić information content (AvgIpc) is 3.63. The minimum atomic E-state index is -2.90. The second kappa shape index (κ2) is 11.1. The van der Waals surface area contributed by atoms with E-state index in [1.165, 1.54) is 0 Å². The fraction of sp³-hybridized carbons (Fsp3) is 0.571. The van der Waals surface area contributed by atoms with Gasteiger partial charge in [-0.1, -0.05) is 19.1 Å². The van der Waals surface area contributed by atoms with Crippen LogP contribution in [0.2, 0.25) is 0 Å². The molecule has 36 heavy (non-hydrogen) atoms. The van der Waals surface area contributed by atoms with Crippen molar-refractivity contribution in [1.82, 2.24) is 20.2 Å². The van der Waals surface area contributed by atoms with Crippen molar-refractivity contribution in [2.45, 2.75) is 77.7 Å². The van der Waals surface area contributed by atoms with Crippen LogP contribution in [0, 0.1) is 19.3 Å². The third kappa shape index (κ3) is 6.33. The standard InChI is InChI=1S/C28H38F2N4O2/c1-7-25(35)21-9-8-20(18(2)12-21)13-23(34(5)6)17-33-26(36)14-24(22-15-31-19(3)32-16-22)28(10-11-28)27(4,29)30/h8-9,12,15-16,23-24H,7,10-11,13-14,17H2,1-6H3,(H,33,36)/t23-,24-/m0/s1. The highest BCUT2D eigenvalue weighted by Gasteiger charge is 2.63. The molecule has 3 rings (SSSR count). The van der Waals surface area contributed by atoms with E-state index in [-0.39, 0.29) is 24.2 Å². The fourth-order valence-corrected chi connectivity index (χ4v) is 4.93. The zero-order chi connectivity index (χ0) is 26.7. The Morgan fingerprint density at radius 2 is 1.81 bits per heavy atom. The summed E-state index contributed by atoms with van der Waals surface area (Å²) in [7, 11) is 3.90. The smallest absolute Gasteiger partial charge is 0.251 e. The molecular weight excluding hydrogens is 462 g/mol. The summed E-state index contributed by atoms with van der Waals surface area (Å²) in [6.07, 6.45) is 5.01. The van der Waals surface area contributed by atoms with Gasteiger partial charge >= 0.3 is 0 Å². The Bertz CT molecular complexity index is 1080. The van der Waals surface area contributed by atoms with Gasteiger partial charge in [-0.3, -0.25) is 9.59 Å². The summed E-state index contributed by atoms with van der Waals surface area (Å²) in [6, 6.07) is 5.75. The molecule has 1 aromatic carbocycles. The molecule has 1 heterocycles. The molecule has 1 saturated carbocycles. The number of likely N-dealkylation sites (N-methyl/N-ethyl adjacent to an activating group) is 1. The highest BCUT2D eigenvalue weighted by Crippen LogP contribution is 2.65. The molecule has 2 atom stereocenters. The molecule has 0 saturated heterocycles. The number of hydrogen-bond acceptors (Lipinski definition) is 5. The Morgan fingerprint density at radius 1 is 1.17 bits per heavy atom. The van der Waals surface area contributed by atoms with Gasteiger partial charge in [-0.15, -0.1) is 0 Å². The van der Waals surface area contributed by atoms with Gasteiger partial charge in [-0.25, -0.2) is 18.7 Å². The zero-order valence-electron chi connectivity index (χ0n) is 22.2. The zero-order valence-corrected chi connectivity index (χ0v) is 22.2. The number of carbonyl (C=O) groups excluding carboxylic acids is 2. The maximum absolute atomic E-state index is 14.6. The first-order valence-electron chi connectivity index (χ1n) is 12.6. The molecule has 0 radical (unpaired) electrons. The Kier molecular flexibility index (Phi) is 8.59. The number of aryl methyl sites for hydroxylation is 2. The second-order valence-corrected chi connectivity index (χ2v) is 10.4. The molecule has 6 nitrogen and oxygen atoms in total. The SMILES string of the molecule is CCC(=O)c1ccc(C[C@@H](CNC(=O)C[C@@H](c2cnc(C)nc2)C2(C(C)(F)F)CC2)N(C)C)c(C)c1. The molecule has 0 spiro atoms. The third-order valence-electron chi connectivity index (χ3n) is 7.63. The van der Waals surface area contributed by atoms with Crippen LogP contribution in [0.15, 0.2) is 30.6 Å². The van der Waals surface area contributed by atoms with Gasteiger partial charge in [0.25, 0.3) is 5.92 Å². The lowest BCUT2D eigenvalue weighted by molar-refractivity contribution is -0.123. The molecule has 1 aliphatic carbocycles. The van der Waals surface area contributed by atoms with Gasteiger partial charge in [0.1, 0.15) is 5.82 Å².